The Morgan fingerprint density at radius 1 is 1.14 bits per heavy atom. The fourth-order valence-corrected chi connectivity index (χ4v) is 3.84. The van der Waals surface area contributed by atoms with E-state index < -0.39 is 0 Å². The SMILES string of the molecule is COc1cccc(-c2cn3c(C(=O)NCc4ccccc4OC)csc3n2)c1. The van der Waals surface area contributed by atoms with E-state index in [1.807, 2.05) is 64.5 Å². The van der Waals surface area contributed by atoms with E-state index in [-0.39, 0.29) is 5.91 Å². The summed E-state index contributed by atoms with van der Waals surface area (Å²) in [6, 6.07) is 15.3. The number of ether oxygens (including phenoxy) is 2. The van der Waals surface area contributed by atoms with Gasteiger partial charge in [-0.2, -0.15) is 0 Å². The number of hydrogen-bond donors (Lipinski definition) is 1. The third-order valence-corrected chi connectivity index (χ3v) is 5.28. The summed E-state index contributed by atoms with van der Waals surface area (Å²) in [4.78, 5) is 18.1. The van der Waals surface area contributed by atoms with Crippen LogP contribution in [0, 0.1) is 0 Å². The predicted molar refractivity (Wildman–Crippen MR) is 109 cm³/mol. The first-order chi connectivity index (χ1) is 13.7. The minimum Gasteiger partial charge on any atom is -0.497 e. The van der Waals surface area contributed by atoms with Crippen molar-refractivity contribution in [1.82, 2.24) is 14.7 Å². The van der Waals surface area contributed by atoms with E-state index in [1.165, 1.54) is 11.3 Å². The molecule has 0 aliphatic carbocycles. The number of para-hydroxylation sites is 1. The molecule has 0 aliphatic heterocycles. The van der Waals surface area contributed by atoms with Crippen LogP contribution in [0.4, 0.5) is 0 Å². The quantitative estimate of drug-likeness (QED) is 0.538. The Morgan fingerprint density at radius 3 is 2.82 bits per heavy atom. The van der Waals surface area contributed by atoms with Crippen LogP contribution in [-0.4, -0.2) is 29.5 Å². The van der Waals surface area contributed by atoms with Gasteiger partial charge in [0.15, 0.2) is 4.96 Å². The maximum absolute atomic E-state index is 12.7. The Hall–Kier alpha value is -3.32. The highest BCUT2D eigenvalue weighted by Crippen LogP contribution is 2.26. The second-order valence-electron chi connectivity index (χ2n) is 6.13. The molecule has 4 rings (SSSR count). The lowest BCUT2D eigenvalue weighted by Crippen LogP contribution is -2.24. The average Bonchev–Trinajstić information content (AvgIpc) is 3.33. The number of carbonyl (C=O) groups excluding carboxylic acids is 1. The standard InChI is InChI=1S/C21H19N3O3S/c1-26-16-8-5-7-14(10-16)17-12-24-18(13-28-21(24)23-17)20(25)22-11-15-6-3-4-9-19(15)27-2/h3-10,12-13H,11H2,1-2H3,(H,22,25). The number of imidazole rings is 1. The van der Waals surface area contributed by atoms with Crippen LogP contribution < -0.4 is 14.8 Å². The first-order valence-electron chi connectivity index (χ1n) is 8.70. The number of carbonyl (C=O) groups is 1. The molecule has 0 bridgehead atoms. The van der Waals surface area contributed by atoms with Gasteiger partial charge in [0.2, 0.25) is 0 Å². The van der Waals surface area contributed by atoms with Crippen LogP contribution in [0.25, 0.3) is 16.2 Å². The molecular formula is C21H19N3O3S. The number of nitrogens with one attached hydrogen (secondary N) is 1. The van der Waals surface area contributed by atoms with E-state index in [2.05, 4.69) is 10.3 Å². The Kier molecular flexibility index (Phi) is 4.99. The summed E-state index contributed by atoms with van der Waals surface area (Å²) in [5, 5.41) is 4.77. The zero-order valence-corrected chi connectivity index (χ0v) is 16.3. The largest absolute Gasteiger partial charge is 0.497 e. The van der Waals surface area contributed by atoms with Gasteiger partial charge in [-0.25, -0.2) is 4.98 Å². The van der Waals surface area contributed by atoms with Crippen LogP contribution in [-0.2, 0) is 6.54 Å². The van der Waals surface area contributed by atoms with Crippen molar-refractivity contribution in [3.63, 3.8) is 0 Å². The number of hydrogen-bond acceptors (Lipinski definition) is 5. The van der Waals surface area contributed by atoms with Gasteiger partial charge in [0.25, 0.3) is 5.91 Å². The first kappa shape index (κ1) is 18.1. The zero-order valence-electron chi connectivity index (χ0n) is 15.5. The Balaban J connectivity index is 1.57. The molecule has 0 saturated carbocycles. The van der Waals surface area contributed by atoms with Crippen molar-refractivity contribution in [2.45, 2.75) is 6.54 Å². The van der Waals surface area contributed by atoms with E-state index in [9.17, 15) is 4.79 Å². The van der Waals surface area contributed by atoms with Crippen molar-refractivity contribution >= 4 is 22.2 Å². The van der Waals surface area contributed by atoms with Gasteiger partial charge in [-0.15, -0.1) is 11.3 Å². The highest BCUT2D eigenvalue weighted by molar-refractivity contribution is 7.15. The molecule has 2 heterocycles. The molecule has 0 spiro atoms. The van der Waals surface area contributed by atoms with Gasteiger partial charge in [0.05, 0.1) is 19.9 Å². The van der Waals surface area contributed by atoms with Crippen LogP contribution in [0.2, 0.25) is 0 Å². The number of fused-ring (bicyclic) bond motifs is 1. The summed E-state index contributed by atoms with van der Waals surface area (Å²) in [6.45, 7) is 0.387. The van der Waals surface area contributed by atoms with Crippen LogP contribution in [0.15, 0.2) is 60.1 Å². The van der Waals surface area contributed by atoms with Gasteiger partial charge < -0.3 is 14.8 Å². The van der Waals surface area contributed by atoms with Crippen molar-refractivity contribution in [3.8, 4) is 22.8 Å². The number of amides is 1. The maximum Gasteiger partial charge on any atom is 0.269 e. The van der Waals surface area contributed by atoms with Crippen molar-refractivity contribution in [2.75, 3.05) is 14.2 Å². The Bertz CT molecular complexity index is 1130. The lowest BCUT2D eigenvalue weighted by Gasteiger charge is -2.09. The molecule has 2 aromatic carbocycles. The average molecular weight is 393 g/mol. The van der Waals surface area contributed by atoms with Crippen LogP contribution >= 0.6 is 11.3 Å². The van der Waals surface area contributed by atoms with Crippen LogP contribution in [0.3, 0.4) is 0 Å². The van der Waals surface area contributed by atoms with Crippen molar-refractivity contribution < 1.29 is 14.3 Å². The fraction of sp³-hybridized carbons (Fsp3) is 0.143. The number of methoxy groups -OCH3 is 2. The second-order valence-corrected chi connectivity index (χ2v) is 6.96. The van der Waals surface area contributed by atoms with Gasteiger partial charge >= 0.3 is 0 Å². The number of nitrogens with zero attached hydrogens (tertiary/aromatic N) is 2. The van der Waals surface area contributed by atoms with Crippen molar-refractivity contribution in [1.29, 1.82) is 0 Å². The molecule has 142 valence electrons. The summed E-state index contributed by atoms with van der Waals surface area (Å²) >= 11 is 1.43. The molecule has 0 unspecified atom stereocenters. The number of aromatic nitrogens is 2. The monoisotopic (exact) mass is 393 g/mol. The number of benzene rings is 2. The molecule has 2 aromatic heterocycles. The normalized spacial score (nSPS) is 10.8. The third kappa shape index (κ3) is 3.44. The zero-order chi connectivity index (χ0) is 19.5. The van der Waals surface area contributed by atoms with Crippen molar-refractivity contribution in [2.24, 2.45) is 0 Å². The summed E-state index contributed by atoms with van der Waals surface area (Å²) in [6.07, 6.45) is 1.87. The summed E-state index contributed by atoms with van der Waals surface area (Å²) in [7, 11) is 3.25. The predicted octanol–water partition coefficient (Wildman–Crippen LogP) is 4.01. The Labute approximate surface area is 166 Å². The highest BCUT2D eigenvalue weighted by atomic mass is 32.1. The Morgan fingerprint density at radius 2 is 2.00 bits per heavy atom. The third-order valence-electron chi connectivity index (χ3n) is 4.44. The molecule has 0 atom stereocenters. The number of rotatable bonds is 6. The fourth-order valence-electron chi connectivity index (χ4n) is 2.98. The topological polar surface area (TPSA) is 64.9 Å². The van der Waals surface area contributed by atoms with Gasteiger partial charge in [-0.1, -0.05) is 30.3 Å². The lowest BCUT2D eigenvalue weighted by molar-refractivity contribution is 0.0945. The minimum atomic E-state index is -0.160. The molecule has 6 nitrogen and oxygen atoms in total. The molecule has 4 aromatic rings. The summed E-state index contributed by atoms with van der Waals surface area (Å²) < 4.78 is 12.4. The molecule has 0 saturated heterocycles. The minimum absolute atomic E-state index is 0.160. The van der Waals surface area contributed by atoms with Gasteiger partial charge in [0, 0.05) is 29.2 Å². The van der Waals surface area contributed by atoms with Gasteiger partial charge in [-0.05, 0) is 18.2 Å². The summed E-state index contributed by atoms with van der Waals surface area (Å²) in [5.74, 6) is 1.36. The van der Waals surface area contributed by atoms with Crippen molar-refractivity contribution in [3.05, 3.63) is 71.4 Å². The second kappa shape index (κ2) is 7.74. The molecule has 1 N–H and O–H groups in total. The van der Waals surface area contributed by atoms with Gasteiger partial charge in [0.1, 0.15) is 17.2 Å². The van der Waals surface area contributed by atoms with E-state index in [0.29, 0.717) is 12.2 Å². The van der Waals surface area contributed by atoms with E-state index in [4.69, 9.17) is 9.47 Å². The van der Waals surface area contributed by atoms with Crippen LogP contribution in [0.1, 0.15) is 16.1 Å². The molecule has 0 aliphatic rings. The lowest BCUT2D eigenvalue weighted by atomic mass is 10.1. The first-order valence-corrected chi connectivity index (χ1v) is 9.58. The molecule has 0 fully saturated rings. The van der Waals surface area contributed by atoms with E-state index in [1.54, 1.807) is 14.2 Å². The molecule has 1 amide bonds. The highest BCUT2D eigenvalue weighted by Gasteiger charge is 2.16. The molecule has 28 heavy (non-hydrogen) atoms. The van der Waals surface area contributed by atoms with E-state index >= 15 is 0 Å². The van der Waals surface area contributed by atoms with Crippen LogP contribution in [0.5, 0.6) is 11.5 Å². The number of thiazole rings is 1. The van der Waals surface area contributed by atoms with E-state index in [0.717, 1.165) is 33.3 Å². The summed E-state index contributed by atoms with van der Waals surface area (Å²) in [5.41, 5.74) is 3.21. The molecule has 0 radical (unpaired) electrons. The maximum atomic E-state index is 12.7. The smallest absolute Gasteiger partial charge is 0.269 e. The van der Waals surface area contributed by atoms with Gasteiger partial charge in [-0.3, -0.25) is 9.20 Å². The molecular weight excluding hydrogens is 374 g/mol. The molecule has 7 heteroatoms.